The van der Waals surface area contributed by atoms with E-state index in [1.54, 1.807) is 23.7 Å². The number of nitrogens with one attached hydrogen (secondary N) is 1. The molecule has 0 fully saturated rings. The lowest BCUT2D eigenvalue weighted by Gasteiger charge is -2.00. The van der Waals surface area contributed by atoms with E-state index in [0.29, 0.717) is 6.54 Å². The third kappa shape index (κ3) is 2.22. The molecule has 0 unspecified atom stereocenters. The first-order valence-electron chi connectivity index (χ1n) is 3.83. The lowest BCUT2D eigenvalue weighted by Crippen LogP contribution is -2.00. The van der Waals surface area contributed by atoms with Crippen molar-refractivity contribution >= 4 is 17.2 Å². The number of nitrogens with zero attached hydrogens (tertiary/aromatic N) is 3. The molecule has 0 saturated carbocycles. The van der Waals surface area contributed by atoms with Crippen molar-refractivity contribution in [3.63, 3.8) is 0 Å². The Morgan fingerprint density at radius 3 is 3.00 bits per heavy atom. The molecule has 5 heteroatoms. The van der Waals surface area contributed by atoms with Crippen molar-refractivity contribution in [3.05, 3.63) is 35.2 Å². The van der Waals surface area contributed by atoms with Crippen molar-refractivity contribution < 1.29 is 0 Å². The molecule has 0 amide bonds. The summed E-state index contributed by atoms with van der Waals surface area (Å²) in [6.07, 6.45) is 5.02. The fourth-order valence-corrected chi connectivity index (χ4v) is 1.46. The van der Waals surface area contributed by atoms with Gasteiger partial charge in [0.2, 0.25) is 0 Å². The topological polar surface area (TPSA) is 50.7 Å². The lowest BCUT2D eigenvalue weighted by molar-refractivity contribution is 1.06. The minimum absolute atomic E-state index is 0.717. The van der Waals surface area contributed by atoms with Crippen LogP contribution in [0.25, 0.3) is 0 Å². The molecule has 0 radical (unpaired) electrons. The zero-order valence-electron chi connectivity index (χ0n) is 6.84. The standard InChI is InChI=1S/C8H8N4S/c1-2-9-6-12-7(1)11-5-8-10-3-4-13-8/h1-4,6H,5H2,(H,9,11,12). The maximum absolute atomic E-state index is 4.14. The third-order valence-electron chi connectivity index (χ3n) is 1.49. The number of aromatic nitrogens is 3. The summed E-state index contributed by atoms with van der Waals surface area (Å²) in [5, 5.41) is 6.15. The molecule has 4 nitrogen and oxygen atoms in total. The smallest absolute Gasteiger partial charge is 0.129 e. The molecule has 1 N–H and O–H groups in total. The van der Waals surface area contributed by atoms with Crippen LogP contribution in [0.15, 0.2) is 30.2 Å². The number of anilines is 1. The molecule has 0 aliphatic heterocycles. The predicted molar refractivity (Wildman–Crippen MR) is 51.5 cm³/mol. The van der Waals surface area contributed by atoms with Gasteiger partial charge < -0.3 is 5.32 Å². The molecule has 2 heterocycles. The highest BCUT2D eigenvalue weighted by atomic mass is 32.1. The van der Waals surface area contributed by atoms with E-state index < -0.39 is 0 Å². The van der Waals surface area contributed by atoms with Gasteiger partial charge in [0.05, 0.1) is 6.54 Å². The summed E-state index contributed by atoms with van der Waals surface area (Å²) in [7, 11) is 0. The van der Waals surface area contributed by atoms with Crippen LogP contribution in [-0.4, -0.2) is 15.0 Å². The fourth-order valence-electron chi connectivity index (χ4n) is 0.902. The second-order valence-corrected chi connectivity index (χ2v) is 3.35. The second-order valence-electron chi connectivity index (χ2n) is 2.37. The molecule has 0 bridgehead atoms. The molecular weight excluding hydrogens is 184 g/mol. The first-order valence-corrected chi connectivity index (χ1v) is 4.71. The van der Waals surface area contributed by atoms with Gasteiger partial charge in [-0.2, -0.15) is 0 Å². The third-order valence-corrected chi connectivity index (χ3v) is 2.27. The Balaban J connectivity index is 1.94. The van der Waals surface area contributed by atoms with Crippen LogP contribution in [0.2, 0.25) is 0 Å². The molecule has 2 aromatic rings. The highest BCUT2D eigenvalue weighted by Crippen LogP contribution is 2.06. The van der Waals surface area contributed by atoms with E-state index >= 15 is 0 Å². The molecular formula is C8H8N4S. The number of hydrogen-bond acceptors (Lipinski definition) is 5. The quantitative estimate of drug-likeness (QED) is 0.801. The van der Waals surface area contributed by atoms with Crippen LogP contribution in [-0.2, 0) is 6.54 Å². The Labute approximate surface area is 79.7 Å². The summed E-state index contributed by atoms with van der Waals surface area (Å²) >= 11 is 1.63. The van der Waals surface area contributed by atoms with Gasteiger partial charge in [-0.25, -0.2) is 15.0 Å². The van der Waals surface area contributed by atoms with Crippen LogP contribution in [0.5, 0.6) is 0 Å². The van der Waals surface area contributed by atoms with E-state index in [1.807, 2.05) is 11.4 Å². The van der Waals surface area contributed by atoms with Crippen molar-refractivity contribution in [1.29, 1.82) is 0 Å². The van der Waals surface area contributed by atoms with E-state index in [2.05, 4.69) is 20.3 Å². The molecule has 0 aliphatic rings. The van der Waals surface area contributed by atoms with Crippen molar-refractivity contribution in [2.45, 2.75) is 6.54 Å². The van der Waals surface area contributed by atoms with Gasteiger partial charge in [0, 0.05) is 17.8 Å². The zero-order chi connectivity index (χ0) is 8.93. The highest BCUT2D eigenvalue weighted by molar-refractivity contribution is 7.09. The first kappa shape index (κ1) is 8.12. The summed E-state index contributed by atoms with van der Waals surface area (Å²) in [6, 6.07) is 1.83. The van der Waals surface area contributed by atoms with E-state index in [4.69, 9.17) is 0 Å². The minimum Gasteiger partial charge on any atom is -0.363 e. The normalized spacial score (nSPS) is 9.85. The van der Waals surface area contributed by atoms with Crippen molar-refractivity contribution in [1.82, 2.24) is 15.0 Å². The SMILES string of the molecule is c1cc(NCc2nccs2)ncn1. The maximum Gasteiger partial charge on any atom is 0.129 e. The van der Waals surface area contributed by atoms with Crippen LogP contribution in [0.1, 0.15) is 5.01 Å². The van der Waals surface area contributed by atoms with Gasteiger partial charge in [0.1, 0.15) is 17.2 Å². The summed E-state index contributed by atoms with van der Waals surface area (Å²) in [4.78, 5) is 12.0. The number of thiazole rings is 1. The Hall–Kier alpha value is -1.49. The predicted octanol–water partition coefficient (Wildman–Crippen LogP) is 1.55. The Morgan fingerprint density at radius 1 is 1.31 bits per heavy atom. The van der Waals surface area contributed by atoms with Crippen LogP contribution in [0, 0.1) is 0 Å². The average Bonchev–Trinajstić information content (AvgIpc) is 2.69. The van der Waals surface area contributed by atoms with Crippen molar-refractivity contribution in [3.8, 4) is 0 Å². The van der Waals surface area contributed by atoms with Gasteiger partial charge in [-0.3, -0.25) is 0 Å². The van der Waals surface area contributed by atoms with E-state index in [1.165, 1.54) is 6.33 Å². The van der Waals surface area contributed by atoms with Gasteiger partial charge in [0.15, 0.2) is 0 Å². The van der Waals surface area contributed by atoms with Crippen LogP contribution < -0.4 is 5.32 Å². The van der Waals surface area contributed by atoms with Gasteiger partial charge in [-0.15, -0.1) is 11.3 Å². The summed E-state index contributed by atoms with van der Waals surface area (Å²) in [5.41, 5.74) is 0. The van der Waals surface area contributed by atoms with Gasteiger partial charge >= 0.3 is 0 Å². The molecule has 2 aromatic heterocycles. The minimum atomic E-state index is 0.717. The van der Waals surface area contributed by atoms with Gasteiger partial charge in [0.25, 0.3) is 0 Å². The summed E-state index contributed by atoms with van der Waals surface area (Å²) < 4.78 is 0. The van der Waals surface area contributed by atoms with E-state index in [0.717, 1.165) is 10.8 Å². The Kier molecular flexibility index (Phi) is 2.47. The molecule has 0 atom stereocenters. The molecule has 2 rings (SSSR count). The second kappa shape index (κ2) is 3.95. The molecule has 0 spiro atoms. The number of rotatable bonds is 3. The van der Waals surface area contributed by atoms with Crippen LogP contribution >= 0.6 is 11.3 Å². The van der Waals surface area contributed by atoms with Gasteiger partial charge in [-0.1, -0.05) is 0 Å². The maximum atomic E-state index is 4.14. The summed E-state index contributed by atoms with van der Waals surface area (Å²) in [5.74, 6) is 0.824. The molecule has 0 aliphatic carbocycles. The zero-order valence-corrected chi connectivity index (χ0v) is 7.66. The van der Waals surface area contributed by atoms with Crippen molar-refractivity contribution in [2.24, 2.45) is 0 Å². The average molecular weight is 192 g/mol. The largest absolute Gasteiger partial charge is 0.363 e. The van der Waals surface area contributed by atoms with Crippen LogP contribution in [0.4, 0.5) is 5.82 Å². The monoisotopic (exact) mass is 192 g/mol. The first-order chi connectivity index (χ1) is 6.45. The van der Waals surface area contributed by atoms with E-state index in [9.17, 15) is 0 Å². The Morgan fingerprint density at radius 2 is 2.31 bits per heavy atom. The number of hydrogen-bond donors (Lipinski definition) is 1. The van der Waals surface area contributed by atoms with Crippen molar-refractivity contribution in [2.75, 3.05) is 5.32 Å². The van der Waals surface area contributed by atoms with Gasteiger partial charge in [-0.05, 0) is 6.07 Å². The molecule has 0 saturated heterocycles. The van der Waals surface area contributed by atoms with E-state index in [-0.39, 0.29) is 0 Å². The fraction of sp³-hybridized carbons (Fsp3) is 0.125. The molecule has 66 valence electrons. The molecule has 0 aromatic carbocycles. The highest BCUT2D eigenvalue weighted by Gasteiger charge is 1.95. The summed E-state index contributed by atoms with van der Waals surface area (Å²) in [6.45, 7) is 0.717. The van der Waals surface area contributed by atoms with Crippen LogP contribution in [0.3, 0.4) is 0 Å². The lowest BCUT2D eigenvalue weighted by atomic mass is 10.5. The molecule has 13 heavy (non-hydrogen) atoms. The Bertz CT molecular complexity index is 346.